The normalized spacial score (nSPS) is 20.4. The van der Waals surface area contributed by atoms with Crippen molar-refractivity contribution >= 4 is 5.97 Å². The molecule has 1 saturated carbocycles. The van der Waals surface area contributed by atoms with Gasteiger partial charge in [0.2, 0.25) is 0 Å². The molecule has 82 valence electrons. The Kier molecular flexibility index (Phi) is 4.39. The van der Waals surface area contributed by atoms with Crippen molar-refractivity contribution in [3.8, 4) is 0 Å². The van der Waals surface area contributed by atoms with Crippen LogP contribution >= 0.6 is 0 Å². The summed E-state index contributed by atoms with van der Waals surface area (Å²) in [4.78, 5) is 10.9. The number of carboxylic acid groups (broad SMARTS) is 1. The van der Waals surface area contributed by atoms with E-state index in [0.29, 0.717) is 18.8 Å². The van der Waals surface area contributed by atoms with Crippen molar-refractivity contribution in [3.63, 3.8) is 0 Å². The van der Waals surface area contributed by atoms with Crippen molar-refractivity contribution in [2.75, 3.05) is 0 Å². The number of carboxylic acids is 1. The first-order valence-corrected chi connectivity index (χ1v) is 5.56. The van der Waals surface area contributed by atoms with Crippen LogP contribution in [0.3, 0.4) is 0 Å². The van der Waals surface area contributed by atoms with Gasteiger partial charge in [0.1, 0.15) is 0 Å². The summed E-state index contributed by atoms with van der Waals surface area (Å²) < 4.78 is 0. The maximum absolute atomic E-state index is 10.9. The Hall–Kier alpha value is -0.570. The molecule has 2 atom stereocenters. The van der Waals surface area contributed by atoms with Crippen LogP contribution in [0.25, 0.3) is 0 Å². The number of hydrogen-bond donors (Lipinski definition) is 2. The van der Waals surface area contributed by atoms with Gasteiger partial charge in [-0.25, -0.2) is 0 Å². The Bertz CT molecular complexity index is 187. The molecule has 0 aromatic carbocycles. The lowest BCUT2D eigenvalue weighted by Gasteiger charge is -2.18. The van der Waals surface area contributed by atoms with E-state index in [1.807, 2.05) is 6.92 Å². The standard InChI is InChI=1S/C11H20O3/c1-2-3-4-10(12)9(11(13)14)7-8-5-6-8/h8-10,12H,2-7H2,1H3,(H,13,14)/t9-,10+/m1/s1. The zero-order valence-electron chi connectivity index (χ0n) is 8.78. The minimum absolute atomic E-state index is 0.533. The van der Waals surface area contributed by atoms with Gasteiger partial charge in [-0.15, -0.1) is 0 Å². The van der Waals surface area contributed by atoms with Gasteiger partial charge in [-0.1, -0.05) is 32.6 Å². The summed E-state index contributed by atoms with van der Waals surface area (Å²) in [7, 11) is 0. The van der Waals surface area contributed by atoms with E-state index in [1.165, 1.54) is 0 Å². The number of carbonyl (C=O) groups is 1. The predicted molar refractivity (Wildman–Crippen MR) is 54.0 cm³/mol. The molecule has 1 rings (SSSR count). The second-order valence-electron chi connectivity index (χ2n) is 4.33. The average molecular weight is 200 g/mol. The third-order valence-electron chi connectivity index (χ3n) is 2.92. The maximum Gasteiger partial charge on any atom is 0.309 e. The van der Waals surface area contributed by atoms with Crippen molar-refractivity contribution in [1.82, 2.24) is 0 Å². The molecule has 0 spiro atoms. The predicted octanol–water partition coefficient (Wildman–Crippen LogP) is 2.04. The van der Waals surface area contributed by atoms with Crippen molar-refractivity contribution in [3.05, 3.63) is 0 Å². The number of hydrogen-bond acceptors (Lipinski definition) is 2. The third kappa shape index (κ3) is 3.66. The second-order valence-corrected chi connectivity index (χ2v) is 4.33. The van der Waals surface area contributed by atoms with Gasteiger partial charge in [-0.2, -0.15) is 0 Å². The summed E-state index contributed by atoms with van der Waals surface area (Å²) in [5.74, 6) is -0.804. The van der Waals surface area contributed by atoms with Crippen molar-refractivity contribution in [1.29, 1.82) is 0 Å². The number of aliphatic carboxylic acids is 1. The van der Waals surface area contributed by atoms with E-state index < -0.39 is 18.0 Å². The van der Waals surface area contributed by atoms with Gasteiger partial charge >= 0.3 is 5.97 Å². The SMILES string of the molecule is CCCC[C@H](O)[C@@H](CC1CC1)C(=O)O. The number of rotatable bonds is 7. The summed E-state index contributed by atoms with van der Waals surface area (Å²) in [6, 6.07) is 0. The van der Waals surface area contributed by atoms with Gasteiger partial charge in [0.05, 0.1) is 12.0 Å². The minimum Gasteiger partial charge on any atom is -0.481 e. The number of aliphatic hydroxyl groups is 1. The third-order valence-corrected chi connectivity index (χ3v) is 2.92. The van der Waals surface area contributed by atoms with Gasteiger partial charge in [-0.3, -0.25) is 4.79 Å². The lowest BCUT2D eigenvalue weighted by Crippen LogP contribution is -2.28. The maximum atomic E-state index is 10.9. The molecule has 14 heavy (non-hydrogen) atoms. The molecule has 1 aliphatic carbocycles. The molecule has 0 aromatic rings. The highest BCUT2D eigenvalue weighted by Gasteiger charge is 2.33. The molecular formula is C11H20O3. The van der Waals surface area contributed by atoms with E-state index in [0.717, 1.165) is 25.7 Å². The summed E-state index contributed by atoms with van der Waals surface area (Å²) in [6.07, 6.45) is 4.85. The van der Waals surface area contributed by atoms with Gasteiger partial charge in [0.15, 0.2) is 0 Å². The van der Waals surface area contributed by atoms with Crippen LogP contribution in [-0.2, 0) is 4.79 Å². The molecule has 0 heterocycles. The van der Waals surface area contributed by atoms with E-state index in [-0.39, 0.29) is 0 Å². The van der Waals surface area contributed by atoms with E-state index in [4.69, 9.17) is 5.11 Å². The molecule has 0 amide bonds. The van der Waals surface area contributed by atoms with Crippen LogP contribution in [0.2, 0.25) is 0 Å². The van der Waals surface area contributed by atoms with Crippen LogP contribution in [0.4, 0.5) is 0 Å². The van der Waals surface area contributed by atoms with E-state index in [1.54, 1.807) is 0 Å². The largest absolute Gasteiger partial charge is 0.481 e. The average Bonchev–Trinajstić information content (AvgIpc) is 2.93. The summed E-state index contributed by atoms with van der Waals surface area (Å²) in [5, 5.41) is 18.7. The molecule has 0 aliphatic heterocycles. The molecule has 0 aromatic heterocycles. The first-order valence-electron chi connectivity index (χ1n) is 5.56. The van der Waals surface area contributed by atoms with Gasteiger partial charge in [0, 0.05) is 0 Å². The smallest absolute Gasteiger partial charge is 0.309 e. The van der Waals surface area contributed by atoms with Gasteiger partial charge in [-0.05, 0) is 18.8 Å². The molecule has 0 saturated heterocycles. The molecule has 3 heteroatoms. The van der Waals surface area contributed by atoms with Crippen LogP contribution in [0.15, 0.2) is 0 Å². The summed E-state index contributed by atoms with van der Waals surface area (Å²) in [5.41, 5.74) is 0. The highest BCUT2D eigenvalue weighted by Crippen LogP contribution is 2.36. The Morgan fingerprint density at radius 3 is 2.57 bits per heavy atom. The van der Waals surface area contributed by atoms with Crippen LogP contribution < -0.4 is 0 Å². The highest BCUT2D eigenvalue weighted by molar-refractivity contribution is 5.70. The Morgan fingerprint density at radius 1 is 1.50 bits per heavy atom. The zero-order valence-corrected chi connectivity index (χ0v) is 8.78. The zero-order chi connectivity index (χ0) is 10.6. The Labute approximate surface area is 85.1 Å². The van der Waals surface area contributed by atoms with E-state index >= 15 is 0 Å². The quantitative estimate of drug-likeness (QED) is 0.661. The van der Waals surface area contributed by atoms with Crippen LogP contribution in [0.5, 0.6) is 0 Å². The van der Waals surface area contributed by atoms with Gasteiger partial charge < -0.3 is 10.2 Å². The molecule has 3 nitrogen and oxygen atoms in total. The lowest BCUT2D eigenvalue weighted by atomic mass is 9.92. The fraction of sp³-hybridized carbons (Fsp3) is 0.909. The number of unbranched alkanes of at least 4 members (excludes halogenated alkanes) is 1. The first kappa shape index (κ1) is 11.5. The minimum atomic E-state index is -0.833. The van der Waals surface area contributed by atoms with E-state index in [2.05, 4.69) is 0 Å². The molecule has 0 unspecified atom stereocenters. The molecule has 0 radical (unpaired) electrons. The fourth-order valence-electron chi connectivity index (χ4n) is 1.75. The second kappa shape index (κ2) is 5.35. The molecular weight excluding hydrogens is 180 g/mol. The molecule has 1 fully saturated rings. The van der Waals surface area contributed by atoms with Crippen LogP contribution in [-0.4, -0.2) is 22.3 Å². The molecule has 1 aliphatic rings. The monoisotopic (exact) mass is 200 g/mol. The highest BCUT2D eigenvalue weighted by atomic mass is 16.4. The summed E-state index contributed by atoms with van der Waals surface area (Å²) >= 11 is 0. The lowest BCUT2D eigenvalue weighted by molar-refractivity contribution is -0.146. The first-order chi connectivity index (χ1) is 6.65. The van der Waals surface area contributed by atoms with Gasteiger partial charge in [0.25, 0.3) is 0 Å². The Morgan fingerprint density at radius 2 is 2.14 bits per heavy atom. The molecule has 0 bridgehead atoms. The summed E-state index contributed by atoms with van der Waals surface area (Å²) in [6.45, 7) is 2.05. The molecule has 2 N–H and O–H groups in total. The van der Waals surface area contributed by atoms with E-state index in [9.17, 15) is 9.90 Å². The van der Waals surface area contributed by atoms with Crippen molar-refractivity contribution in [2.45, 2.75) is 51.6 Å². The van der Waals surface area contributed by atoms with Crippen molar-refractivity contribution in [2.24, 2.45) is 11.8 Å². The number of aliphatic hydroxyl groups excluding tert-OH is 1. The van der Waals surface area contributed by atoms with Crippen LogP contribution in [0.1, 0.15) is 45.4 Å². The Balaban J connectivity index is 2.34. The topological polar surface area (TPSA) is 57.5 Å². The van der Waals surface area contributed by atoms with Crippen molar-refractivity contribution < 1.29 is 15.0 Å². The fourth-order valence-corrected chi connectivity index (χ4v) is 1.75. The van der Waals surface area contributed by atoms with Crippen LogP contribution in [0, 0.1) is 11.8 Å².